The number of carbonyl (C=O) groups excluding carboxylic acids is 1. The lowest BCUT2D eigenvalue weighted by Crippen LogP contribution is -2.30. The zero-order chi connectivity index (χ0) is 19.6. The van der Waals surface area contributed by atoms with Gasteiger partial charge < -0.3 is 29.3 Å². The number of terminal acetylenes is 1. The SMILES string of the molecule is C#CCOCCOCCOCCOCCC(=O)N(C)CCC(C)C(C)=N. The monoisotopic (exact) mass is 370 g/mol. The van der Waals surface area contributed by atoms with Gasteiger partial charge in [0.1, 0.15) is 6.61 Å². The number of rotatable bonds is 17. The van der Waals surface area contributed by atoms with Gasteiger partial charge >= 0.3 is 0 Å². The van der Waals surface area contributed by atoms with Crippen molar-refractivity contribution in [3.8, 4) is 12.3 Å². The van der Waals surface area contributed by atoms with E-state index in [1.165, 1.54) is 0 Å². The summed E-state index contributed by atoms with van der Waals surface area (Å²) < 4.78 is 21.1. The standard InChI is InChI=1S/C19H34N2O5/c1-5-9-23-11-13-25-15-16-26-14-12-24-10-7-19(22)21(4)8-6-17(2)18(3)20/h1,17,20H,6-16H2,2-4H3. The number of nitrogens with zero attached hydrogens (tertiary/aromatic N) is 1. The molecule has 150 valence electrons. The van der Waals surface area contributed by atoms with Gasteiger partial charge in [0.05, 0.1) is 52.7 Å². The maximum atomic E-state index is 12.0. The summed E-state index contributed by atoms with van der Waals surface area (Å²) >= 11 is 0. The van der Waals surface area contributed by atoms with Crippen molar-refractivity contribution in [1.29, 1.82) is 5.41 Å². The van der Waals surface area contributed by atoms with E-state index in [1.807, 2.05) is 6.92 Å². The van der Waals surface area contributed by atoms with Gasteiger partial charge in [0.15, 0.2) is 0 Å². The molecule has 7 heteroatoms. The summed E-state index contributed by atoms with van der Waals surface area (Å²) in [5.41, 5.74) is 0.650. The molecular weight excluding hydrogens is 336 g/mol. The fourth-order valence-corrected chi connectivity index (χ4v) is 1.87. The maximum absolute atomic E-state index is 12.0. The molecule has 1 N–H and O–H groups in total. The highest BCUT2D eigenvalue weighted by atomic mass is 16.6. The molecule has 0 aliphatic heterocycles. The molecule has 7 nitrogen and oxygen atoms in total. The van der Waals surface area contributed by atoms with Crippen LogP contribution in [0.2, 0.25) is 0 Å². The first-order chi connectivity index (χ1) is 12.5. The summed E-state index contributed by atoms with van der Waals surface area (Å²) in [5.74, 6) is 2.65. The number of ether oxygens (including phenoxy) is 4. The second kappa shape index (κ2) is 17.0. The molecule has 0 radical (unpaired) electrons. The molecule has 0 saturated carbocycles. The zero-order valence-electron chi connectivity index (χ0n) is 16.4. The van der Waals surface area contributed by atoms with E-state index in [9.17, 15) is 4.79 Å². The van der Waals surface area contributed by atoms with Crippen LogP contribution in [0.3, 0.4) is 0 Å². The first-order valence-corrected chi connectivity index (χ1v) is 9.02. The summed E-state index contributed by atoms with van der Waals surface area (Å²) in [6.07, 6.45) is 6.21. The Morgan fingerprint density at radius 2 is 1.54 bits per heavy atom. The number of amides is 1. The molecule has 0 heterocycles. The van der Waals surface area contributed by atoms with E-state index in [0.29, 0.717) is 71.5 Å². The van der Waals surface area contributed by atoms with Gasteiger partial charge in [-0.25, -0.2) is 0 Å². The lowest BCUT2D eigenvalue weighted by molar-refractivity contribution is -0.131. The fourth-order valence-electron chi connectivity index (χ4n) is 1.87. The highest BCUT2D eigenvalue weighted by Gasteiger charge is 2.11. The summed E-state index contributed by atoms with van der Waals surface area (Å²) in [6, 6.07) is 0. The Morgan fingerprint density at radius 3 is 2.04 bits per heavy atom. The largest absolute Gasteiger partial charge is 0.379 e. The van der Waals surface area contributed by atoms with Crippen molar-refractivity contribution >= 4 is 11.6 Å². The van der Waals surface area contributed by atoms with E-state index in [2.05, 4.69) is 5.92 Å². The Balaban J connectivity index is 3.40. The second-order valence-electron chi connectivity index (χ2n) is 6.03. The molecule has 0 aliphatic rings. The second-order valence-corrected chi connectivity index (χ2v) is 6.03. The maximum Gasteiger partial charge on any atom is 0.224 e. The highest BCUT2D eigenvalue weighted by Crippen LogP contribution is 2.05. The first-order valence-electron chi connectivity index (χ1n) is 9.02. The Kier molecular flexibility index (Phi) is 16.0. The molecule has 1 unspecified atom stereocenters. The smallest absolute Gasteiger partial charge is 0.224 e. The summed E-state index contributed by atoms with van der Waals surface area (Å²) in [7, 11) is 1.79. The quantitative estimate of drug-likeness (QED) is 0.239. The number of carbonyl (C=O) groups is 1. The van der Waals surface area contributed by atoms with Crippen molar-refractivity contribution in [2.45, 2.75) is 26.7 Å². The van der Waals surface area contributed by atoms with Gasteiger partial charge in [-0.2, -0.15) is 0 Å². The molecule has 26 heavy (non-hydrogen) atoms. The van der Waals surface area contributed by atoms with Crippen molar-refractivity contribution in [1.82, 2.24) is 4.90 Å². The van der Waals surface area contributed by atoms with Gasteiger partial charge in [0, 0.05) is 19.3 Å². The molecule has 0 fully saturated rings. The average molecular weight is 370 g/mol. The van der Waals surface area contributed by atoms with Crippen molar-refractivity contribution in [3.63, 3.8) is 0 Å². The zero-order valence-corrected chi connectivity index (χ0v) is 16.4. The molecular formula is C19H34N2O5. The van der Waals surface area contributed by atoms with E-state index in [4.69, 9.17) is 30.8 Å². The van der Waals surface area contributed by atoms with Crippen LogP contribution in [0.4, 0.5) is 0 Å². The van der Waals surface area contributed by atoms with Crippen molar-refractivity contribution in [2.75, 3.05) is 66.4 Å². The van der Waals surface area contributed by atoms with Gasteiger partial charge in [0.2, 0.25) is 5.91 Å². The van der Waals surface area contributed by atoms with Crippen LogP contribution < -0.4 is 0 Å². The average Bonchev–Trinajstić information content (AvgIpc) is 2.62. The third-order valence-corrected chi connectivity index (χ3v) is 3.82. The molecule has 0 bridgehead atoms. The Bertz CT molecular complexity index is 423. The molecule has 1 amide bonds. The van der Waals surface area contributed by atoms with Crippen LogP contribution in [0, 0.1) is 23.7 Å². The fraction of sp³-hybridized carbons (Fsp3) is 0.789. The molecule has 0 aromatic heterocycles. The van der Waals surface area contributed by atoms with Gasteiger partial charge in [-0.05, 0) is 19.3 Å². The van der Waals surface area contributed by atoms with E-state index in [-0.39, 0.29) is 11.8 Å². The minimum absolute atomic E-state index is 0.0567. The van der Waals surface area contributed by atoms with E-state index in [0.717, 1.165) is 6.42 Å². The Morgan fingerprint density at radius 1 is 1.04 bits per heavy atom. The molecule has 1 atom stereocenters. The topological polar surface area (TPSA) is 81.1 Å². The van der Waals surface area contributed by atoms with Gasteiger partial charge in [-0.3, -0.25) is 4.79 Å². The summed E-state index contributed by atoms with van der Waals surface area (Å²) in [6.45, 7) is 8.03. The van der Waals surface area contributed by atoms with Crippen LogP contribution in [0.1, 0.15) is 26.7 Å². The molecule has 0 spiro atoms. The van der Waals surface area contributed by atoms with Gasteiger partial charge in [-0.15, -0.1) is 6.42 Å². The lowest BCUT2D eigenvalue weighted by atomic mass is 10.0. The van der Waals surface area contributed by atoms with Crippen LogP contribution in [0.15, 0.2) is 0 Å². The molecule has 0 aromatic carbocycles. The third kappa shape index (κ3) is 14.8. The van der Waals surface area contributed by atoms with Crippen LogP contribution in [-0.4, -0.2) is 83.0 Å². The van der Waals surface area contributed by atoms with Crippen molar-refractivity contribution < 1.29 is 23.7 Å². The van der Waals surface area contributed by atoms with Crippen LogP contribution in [0.5, 0.6) is 0 Å². The van der Waals surface area contributed by atoms with Crippen molar-refractivity contribution in [3.05, 3.63) is 0 Å². The van der Waals surface area contributed by atoms with Crippen LogP contribution in [-0.2, 0) is 23.7 Å². The van der Waals surface area contributed by atoms with Crippen LogP contribution in [0.25, 0.3) is 0 Å². The Hall–Kier alpha value is -1.46. The highest BCUT2D eigenvalue weighted by molar-refractivity contribution is 5.81. The molecule has 0 aromatic rings. The molecule has 0 rings (SSSR count). The van der Waals surface area contributed by atoms with E-state index in [1.54, 1.807) is 18.9 Å². The predicted molar refractivity (Wildman–Crippen MR) is 102 cm³/mol. The minimum atomic E-state index is 0.0567. The summed E-state index contributed by atoms with van der Waals surface area (Å²) in [4.78, 5) is 13.6. The van der Waals surface area contributed by atoms with Gasteiger partial charge in [0.25, 0.3) is 0 Å². The number of hydrogen-bond acceptors (Lipinski definition) is 6. The minimum Gasteiger partial charge on any atom is -0.379 e. The van der Waals surface area contributed by atoms with Crippen LogP contribution >= 0.6 is 0 Å². The molecule has 0 saturated heterocycles. The Labute approximate surface area is 157 Å². The van der Waals surface area contributed by atoms with E-state index >= 15 is 0 Å². The molecule has 0 aliphatic carbocycles. The lowest BCUT2D eigenvalue weighted by Gasteiger charge is -2.19. The number of hydrogen-bond donors (Lipinski definition) is 1. The first kappa shape index (κ1) is 24.5. The number of nitrogens with one attached hydrogen (secondary N) is 1. The normalized spacial score (nSPS) is 11.8. The van der Waals surface area contributed by atoms with Gasteiger partial charge in [-0.1, -0.05) is 12.8 Å². The third-order valence-electron chi connectivity index (χ3n) is 3.82. The van der Waals surface area contributed by atoms with Crippen molar-refractivity contribution in [2.24, 2.45) is 5.92 Å². The summed E-state index contributed by atoms with van der Waals surface area (Å²) in [5, 5.41) is 7.56. The van der Waals surface area contributed by atoms with E-state index < -0.39 is 0 Å². The predicted octanol–water partition coefficient (Wildman–Crippen LogP) is 1.60.